The normalized spacial score (nSPS) is 10.8. The zero-order chi connectivity index (χ0) is 21.6. The summed E-state index contributed by atoms with van der Waals surface area (Å²) in [5.74, 6) is -1.19. The van der Waals surface area contributed by atoms with Gasteiger partial charge in [0.05, 0.1) is 13.2 Å². The highest BCUT2D eigenvalue weighted by Crippen LogP contribution is 2.17. The molecule has 0 spiro atoms. The van der Waals surface area contributed by atoms with Gasteiger partial charge >= 0.3 is 11.9 Å². The van der Waals surface area contributed by atoms with Crippen molar-refractivity contribution in [3.05, 3.63) is 47.6 Å². The smallest absolute Gasteiger partial charge is 0.348 e. The van der Waals surface area contributed by atoms with Crippen molar-refractivity contribution >= 4 is 23.7 Å². The highest BCUT2D eigenvalue weighted by molar-refractivity contribution is 5.97. The van der Waals surface area contributed by atoms with Crippen LogP contribution in [-0.2, 0) is 23.8 Å². The summed E-state index contributed by atoms with van der Waals surface area (Å²) in [5, 5.41) is 9.23. The predicted octanol–water partition coefficient (Wildman–Crippen LogP) is 3.12. The van der Waals surface area contributed by atoms with Crippen LogP contribution < -0.4 is 4.90 Å². The van der Waals surface area contributed by atoms with Crippen LogP contribution >= 0.6 is 0 Å². The van der Waals surface area contributed by atoms with Gasteiger partial charge < -0.3 is 19.1 Å². The molecule has 0 aliphatic heterocycles. The van der Waals surface area contributed by atoms with Crippen molar-refractivity contribution in [1.29, 1.82) is 5.26 Å². The Morgan fingerprint density at radius 1 is 1.03 bits per heavy atom. The molecule has 0 atom stereocenters. The van der Waals surface area contributed by atoms with E-state index in [1.165, 1.54) is 6.08 Å². The first-order valence-corrected chi connectivity index (χ1v) is 9.47. The summed E-state index contributed by atoms with van der Waals surface area (Å²) >= 11 is 0. The number of anilines is 1. The van der Waals surface area contributed by atoms with Gasteiger partial charge in [0, 0.05) is 24.4 Å². The maximum Gasteiger partial charge on any atom is 0.348 e. The van der Waals surface area contributed by atoms with E-state index in [9.17, 15) is 14.9 Å². The SMILES string of the molecule is C=C(C)C(=O)OCCOCCOC(=O)/C(C#N)=C/c1ccc(N(CC)CC)cc1. The molecule has 0 aromatic heterocycles. The molecule has 1 rings (SSSR count). The van der Waals surface area contributed by atoms with Gasteiger partial charge in [0.15, 0.2) is 0 Å². The van der Waals surface area contributed by atoms with Crippen molar-refractivity contribution in [3.63, 3.8) is 0 Å². The van der Waals surface area contributed by atoms with E-state index >= 15 is 0 Å². The largest absolute Gasteiger partial charge is 0.460 e. The van der Waals surface area contributed by atoms with Gasteiger partial charge in [-0.2, -0.15) is 5.26 Å². The van der Waals surface area contributed by atoms with E-state index < -0.39 is 11.9 Å². The van der Waals surface area contributed by atoms with Crippen molar-refractivity contribution in [3.8, 4) is 6.07 Å². The van der Waals surface area contributed by atoms with Crippen molar-refractivity contribution in [1.82, 2.24) is 0 Å². The Kier molecular flexibility index (Phi) is 10.8. The zero-order valence-corrected chi connectivity index (χ0v) is 17.3. The first kappa shape index (κ1) is 23.9. The Bertz CT molecular complexity index is 758. The molecular weight excluding hydrogens is 372 g/mol. The van der Waals surface area contributed by atoms with Crippen LogP contribution in [0.1, 0.15) is 26.3 Å². The lowest BCUT2D eigenvalue weighted by atomic mass is 10.1. The molecule has 0 aliphatic carbocycles. The third-order valence-electron chi connectivity index (χ3n) is 3.94. The van der Waals surface area contributed by atoms with Gasteiger partial charge in [-0.1, -0.05) is 18.7 Å². The first-order chi connectivity index (χ1) is 13.9. The van der Waals surface area contributed by atoms with E-state index in [1.807, 2.05) is 30.3 Å². The molecule has 7 heteroatoms. The molecule has 0 heterocycles. The van der Waals surface area contributed by atoms with Gasteiger partial charge in [0.2, 0.25) is 0 Å². The van der Waals surface area contributed by atoms with Crippen molar-refractivity contribution in [2.24, 2.45) is 0 Å². The average molecular weight is 400 g/mol. The highest BCUT2D eigenvalue weighted by Gasteiger charge is 2.11. The zero-order valence-electron chi connectivity index (χ0n) is 17.3. The Balaban J connectivity index is 2.44. The quantitative estimate of drug-likeness (QED) is 0.230. The lowest BCUT2D eigenvalue weighted by Crippen LogP contribution is -2.21. The molecule has 0 bridgehead atoms. The van der Waals surface area contributed by atoms with Crippen LogP contribution in [0.25, 0.3) is 6.08 Å². The number of carbonyl (C=O) groups excluding carboxylic acids is 2. The van der Waals surface area contributed by atoms with Crippen molar-refractivity contribution in [2.75, 3.05) is 44.4 Å². The fourth-order valence-corrected chi connectivity index (χ4v) is 2.36. The highest BCUT2D eigenvalue weighted by atomic mass is 16.6. The number of esters is 2. The molecule has 0 saturated carbocycles. The van der Waals surface area contributed by atoms with Gasteiger partial charge in [-0.15, -0.1) is 0 Å². The summed E-state index contributed by atoms with van der Waals surface area (Å²) in [6.45, 7) is 11.4. The third-order valence-corrected chi connectivity index (χ3v) is 3.94. The molecule has 7 nitrogen and oxygen atoms in total. The maximum atomic E-state index is 12.0. The molecule has 156 valence electrons. The number of nitrogens with zero attached hydrogens (tertiary/aromatic N) is 2. The molecular formula is C22H28N2O5. The third kappa shape index (κ3) is 8.62. The van der Waals surface area contributed by atoms with Gasteiger partial charge in [-0.05, 0) is 44.5 Å². The second-order valence-electron chi connectivity index (χ2n) is 6.10. The van der Waals surface area contributed by atoms with Crippen molar-refractivity contribution in [2.45, 2.75) is 20.8 Å². The van der Waals surface area contributed by atoms with E-state index in [0.717, 1.165) is 24.3 Å². The topological polar surface area (TPSA) is 88.9 Å². The minimum absolute atomic E-state index is 0.00676. The molecule has 0 radical (unpaired) electrons. The fourth-order valence-electron chi connectivity index (χ4n) is 2.36. The molecule has 0 fully saturated rings. The molecule has 1 aromatic carbocycles. The average Bonchev–Trinajstić information content (AvgIpc) is 2.72. The van der Waals surface area contributed by atoms with Crippen LogP contribution in [0.3, 0.4) is 0 Å². The lowest BCUT2D eigenvalue weighted by molar-refractivity contribution is -0.141. The van der Waals surface area contributed by atoms with Gasteiger partial charge in [-0.25, -0.2) is 9.59 Å². The van der Waals surface area contributed by atoms with Crippen LogP contribution in [0.5, 0.6) is 0 Å². The van der Waals surface area contributed by atoms with E-state index in [4.69, 9.17) is 14.2 Å². The second kappa shape index (κ2) is 13.1. The van der Waals surface area contributed by atoms with Gasteiger partial charge in [-0.3, -0.25) is 0 Å². The van der Waals surface area contributed by atoms with Crippen LogP contribution in [0.15, 0.2) is 42.0 Å². The summed E-state index contributed by atoms with van der Waals surface area (Å²) in [6.07, 6.45) is 1.49. The molecule has 0 unspecified atom stereocenters. The van der Waals surface area contributed by atoms with E-state index in [2.05, 4.69) is 25.3 Å². The Labute approximate surface area is 172 Å². The standard InChI is InChI=1S/C22H28N2O5/c1-5-24(6-2)20-9-7-18(8-10-20)15-19(16-23)22(26)29-14-12-27-11-13-28-21(25)17(3)4/h7-10,15H,3,5-6,11-14H2,1-2,4H3/b19-15+. The molecule has 0 amide bonds. The monoisotopic (exact) mass is 400 g/mol. The number of hydrogen-bond donors (Lipinski definition) is 0. The molecule has 0 aliphatic rings. The Hall–Kier alpha value is -3.11. The minimum Gasteiger partial charge on any atom is -0.460 e. The summed E-state index contributed by atoms with van der Waals surface area (Å²) in [6, 6.07) is 9.48. The Morgan fingerprint density at radius 3 is 2.07 bits per heavy atom. The van der Waals surface area contributed by atoms with E-state index in [1.54, 1.807) is 6.92 Å². The van der Waals surface area contributed by atoms with Crippen LogP contribution in [0, 0.1) is 11.3 Å². The minimum atomic E-state index is -0.711. The Morgan fingerprint density at radius 2 is 1.59 bits per heavy atom. The second-order valence-corrected chi connectivity index (χ2v) is 6.10. The summed E-state index contributed by atoms with van der Waals surface area (Å²) in [7, 11) is 0. The number of nitriles is 1. The number of hydrogen-bond acceptors (Lipinski definition) is 7. The van der Waals surface area contributed by atoms with Crippen LogP contribution in [0.4, 0.5) is 5.69 Å². The number of rotatable bonds is 12. The van der Waals surface area contributed by atoms with Gasteiger partial charge in [0.25, 0.3) is 0 Å². The number of carbonyl (C=O) groups is 2. The maximum absolute atomic E-state index is 12.0. The summed E-state index contributed by atoms with van der Waals surface area (Å²) in [4.78, 5) is 25.4. The summed E-state index contributed by atoms with van der Waals surface area (Å²) < 4.78 is 15.1. The van der Waals surface area contributed by atoms with Crippen molar-refractivity contribution < 1.29 is 23.8 Å². The summed E-state index contributed by atoms with van der Waals surface area (Å²) in [5.41, 5.74) is 2.05. The predicted molar refractivity (Wildman–Crippen MR) is 111 cm³/mol. The first-order valence-electron chi connectivity index (χ1n) is 9.47. The molecule has 0 saturated heterocycles. The number of benzene rings is 1. The lowest BCUT2D eigenvalue weighted by Gasteiger charge is -2.20. The van der Waals surface area contributed by atoms with E-state index in [0.29, 0.717) is 5.57 Å². The van der Waals surface area contributed by atoms with E-state index in [-0.39, 0.29) is 32.0 Å². The van der Waals surface area contributed by atoms with Gasteiger partial charge in [0.1, 0.15) is 24.9 Å². The fraction of sp³-hybridized carbons (Fsp3) is 0.409. The molecule has 1 aromatic rings. The molecule has 29 heavy (non-hydrogen) atoms. The van der Waals surface area contributed by atoms with Crippen LogP contribution in [0.2, 0.25) is 0 Å². The molecule has 0 N–H and O–H groups in total. The number of ether oxygens (including phenoxy) is 3. The van der Waals surface area contributed by atoms with Crippen LogP contribution in [-0.4, -0.2) is 51.5 Å².